The molecule has 1 heterocycles. The zero-order chi connectivity index (χ0) is 16.7. The highest BCUT2D eigenvalue weighted by Gasteiger charge is 2.25. The van der Waals surface area contributed by atoms with Crippen LogP contribution in [0.25, 0.3) is 0 Å². The van der Waals surface area contributed by atoms with Crippen LogP contribution in [0.2, 0.25) is 0 Å². The van der Waals surface area contributed by atoms with E-state index in [-0.39, 0.29) is 18.0 Å². The van der Waals surface area contributed by atoms with E-state index in [9.17, 15) is 14.3 Å². The fourth-order valence-corrected chi connectivity index (χ4v) is 3.57. The lowest BCUT2D eigenvalue weighted by Crippen LogP contribution is -2.46. The molecule has 2 amide bonds. The number of carbonyl (C=O) groups excluding carboxylic acids is 1. The standard InChI is InChI=1S/C17H25FN2O2S/c1-13(21)14-6-9-20(10-7-14)17(22)19-8-11-23-12-15-4-2-3-5-16(15)18/h2-5,13-14,21H,6-12H2,1H3,(H,19,22). The summed E-state index contributed by atoms with van der Waals surface area (Å²) in [5, 5.41) is 12.5. The van der Waals surface area contributed by atoms with E-state index in [2.05, 4.69) is 5.32 Å². The normalized spacial score (nSPS) is 17.1. The molecule has 2 rings (SSSR count). The van der Waals surface area contributed by atoms with Crippen molar-refractivity contribution in [2.75, 3.05) is 25.4 Å². The summed E-state index contributed by atoms with van der Waals surface area (Å²) in [4.78, 5) is 13.9. The maximum atomic E-state index is 13.5. The number of carbonyl (C=O) groups is 1. The summed E-state index contributed by atoms with van der Waals surface area (Å²) in [6.07, 6.45) is 1.41. The molecule has 1 aliphatic heterocycles. The lowest BCUT2D eigenvalue weighted by Gasteiger charge is -2.33. The van der Waals surface area contributed by atoms with Gasteiger partial charge in [0.05, 0.1) is 6.10 Å². The Morgan fingerprint density at radius 2 is 2.13 bits per heavy atom. The van der Waals surface area contributed by atoms with Gasteiger partial charge < -0.3 is 15.3 Å². The summed E-state index contributed by atoms with van der Waals surface area (Å²) >= 11 is 1.61. The van der Waals surface area contributed by atoms with Gasteiger partial charge in [-0.1, -0.05) is 18.2 Å². The molecular formula is C17H25FN2O2S. The lowest BCUT2D eigenvalue weighted by atomic mass is 9.92. The summed E-state index contributed by atoms with van der Waals surface area (Å²) in [6.45, 7) is 3.79. The van der Waals surface area contributed by atoms with Crippen LogP contribution >= 0.6 is 11.8 Å². The van der Waals surface area contributed by atoms with Crippen molar-refractivity contribution in [3.8, 4) is 0 Å². The van der Waals surface area contributed by atoms with Crippen molar-refractivity contribution < 1.29 is 14.3 Å². The van der Waals surface area contributed by atoms with Crippen LogP contribution in [-0.4, -0.2) is 47.5 Å². The van der Waals surface area contributed by atoms with Gasteiger partial charge in [-0.25, -0.2) is 9.18 Å². The molecule has 1 aromatic carbocycles. The second-order valence-electron chi connectivity index (χ2n) is 5.94. The summed E-state index contributed by atoms with van der Waals surface area (Å²) in [6, 6.07) is 6.73. The van der Waals surface area contributed by atoms with Crippen LogP contribution in [0.1, 0.15) is 25.3 Å². The SMILES string of the molecule is CC(O)C1CCN(C(=O)NCCSCc2ccccc2F)CC1. The zero-order valence-corrected chi connectivity index (χ0v) is 14.3. The maximum absolute atomic E-state index is 13.5. The number of benzene rings is 1. The van der Waals surface area contributed by atoms with Gasteiger partial charge in [0.25, 0.3) is 0 Å². The number of halogens is 1. The molecule has 1 fully saturated rings. The first-order valence-corrected chi connectivity index (χ1v) is 9.25. The average molecular weight is 340 g/mol. The van der Waals surface area contributed by atoms with Crippen LogP contribution in [0.4, 0.5) is 9.18 Å². The number of piperidine rings is 1. The van der Waals surface area contributed by atoms with Gasteiger partial charge in [0.1, 0.15) is 5.82 Å². The number of nitrogens with zero attached hydrogens (tertiary/aromatic N) is 1. The van der Waals surface area contributed by atoms with Gasteiger partial charge in [-0.2, -0.15) is 11.8 Å². The van der Waals surface area contributed by atoms with Crippen molar-refractivity contribution in [1.82, 2.24) is 10.2 Å². The number of likely N-dealkylation sites (tertiary alicyclic amines) is 1. The van der Waals surface area contributed by atoms with Gasteiger partial charge in [0.2, 0.25) is 0 Å². The number of nitrogens with one attached hydrogen (secondary N) is 1. The third-order valence-electron chi connectivity index (χ3n) is 4.25. The van der Waals surface area contributed by atoms with Crippen LogP contribution in [0.5, 0.6) is 0 Å². The predicted molar refractivity (Wildman–Crippen MR) is 91.9 cm³/mol. The van der Waals surface area contributed by atoms with Gasteiger partial charge in [-0.15, -0.1) is 0 Å². The Morgan fingerprint density at radius 3 is 2.78 bits per heavy atom. The molecule has 2 N–H and O–H groups in total. The molecule has 1 saturated heterocycles. The molecule has 0 spiro atoms. The minimum Gasteiger partial charge on any atom is -0.393 e. The molecular weight excluding hydrogens is 315 g/mol. The van der Waals surface area contributed by atoms with Gasteiger partial charge in [0, 0.05) is 31.1 Å². The highest BCUT2D eigenvalue weighted by molar-refractivity contribution is 7.98. The first-order chi connectivity index (χ1) is 11.1. The molecule has 0 aliphatic carbocycles. The number of hydrogen-bond donors (Lipinski definition) is 2. The first kappa shape index (κ1) is 18.1. The quantitative estimate of drug-likeness (QED) is 0.783. The summed E-state index contributed by atoms with van der Waals surface area (Å²) < 4.78 is 13.5. The Kier molecular flexibility index (Phi) is 7.17. The zero-order valence-electron chi connectivity index (χ0n) is 13.5. The number of thioether (sulfide) groups is 1. The van der Waals surface area contributed by atoms with E-state index in [1.807, 2.05) is 13.0 Å². The first-order valence-electron chi connectivity index (χ1n) is 8.10. The Morgan fingerprint density at radius 1 is 1.43 bits per heavy atom. The van der Waals surface area contributed by atoms with E-state index in [0.29, 0.717) is 36.9 Å². The molecule has 4 nitrogen and oxygen atoms in total. The van der Waals surface area contributed by atoms with E-state index >= 15 is 0 Å². The minimum absolute atomic E-state index is 0.0412. The molecule has 0 bridgehead atoms. The number of amides is 2. The summed E-state index contributed by atoms with van der Waals surface area (Å²) in [5.74, 6) is 1.49. The van der Waals surface area contributed by atoms with Gasteiger partial charge in [-0.05, 0) is 37.3 Å². The molecule has 128 valence electrons. The number of hydrogen-bond acceptors (Lipinski definition) is 3. The van der Waals surface area contributed by atoms with E-state index < -0.39 is 0 Å². The monoisotopic (exact) mass is 340 g/mol. The van der Waals surface area contributed by atoms with Crippen LogP contribution < -0.4 is 5.32 Å². The maximum Gasteiger partial charge on any atom is 0.317 e. The third kappa shape index (κ3) is 5.70. The second-order valence-corrected chi connectivity index (χ2v) is 7.05. The Bertz CT molecular complexity index is 505. The van der Waals surface area contributed by atoms with Gasteiger partial charge >= 0.3 is 6.03 Å². The van der Waals surface area contributed by atoms with Crippen molar-refractivity contribution in [2.45, 2.75) is 31.6 Å². The summed E-state index contributed by atoms with van der Waals surface area (Å²) in [7, 11) is 0. The van der Waals surface area contributed by atoms with E-state index in [0.717, 1.165) is 18.6 Å². The van der Waals surface area contributed by atoms with Crippen molar-refractivity contribution >= 4 is 17.8 Å². The number of aliphatic hydroxyl groups is 1. The fraction of sp³-hybridized carbons (Fsp3) is 0.588. The highest BCUT2D eigenvalue weighted by Crippen LogP contribution is 2.20. The number of aliphatic hydroxyl groups excluding tert-OH is 1. The topological polar surface area (TPSA) is 52.6 Å². The third-order valence-corrected chi connectivity index (χ3v) is 5.26. The number of urea groups is 1. The average Bonchev–Trinajstić information content (AvgIpc) is 2.56. The molecule has 0 aromatic heterocycles. The minimum atomic E-state index is -0.296. The van der Waals surface area contributed by atoms with Crippen molar-refractivity contribution in [3.63, 3.8) is 0 Å². The van der Waals surface area contributed by atoms with E-state index in [4.69, 9.17) is 0 Å². The molecule has 23 heavy (non-hydrogen) atoms. The Hall–Kier alpha value is -1.27. The highest BCUT2D eigenvalue weighted by atomic mass is 32.2. The fourth-order valence-electron chi connectivity index (χ4n) is 2.72. The lowest BCUT2D eigenvalue weighted by molar-refractivity contribution is 0.0799. The van der Waals surface area contributed by atoms with Crippen molar-refractivity contribution in [1.29, 1.82) is 0 Å². The van der Waals surface area contributed by atoms with Crippen molar-refractivity contribution in [2.24, 2.45) is 5.92 Å². The number of rotatable bonds is 6. The summed E-state index contributed by atoms with van der Waals surface area (Å²) in [5.41, 5.74) is 0.698. The Balaban J connectivity index is 1.59. The van der Waals surface area contributed by atoms with E-state index in [1.165, 1.54) is 6.07 Å². The molecule has 0 saturated carbocycles. The van der Waals surface area contributed by atoms with Crippen LogP contribution in [0.15, 0.2) is 24.3 Å². The molecule has 6 heteroatoms. The molecule has 1 unspecified atom stereocenters. The molecule has 1 aliphatic rings. The van der Waals surface area contributed by atoms with Crippen LogP contribution in [-0.2, 0) is 5.75 Å². The van der Waals surface area contributed by atoms with Crippen LogP contribution in [0, 0.1) is 11.7 Å². The van der Waals surface area contributed by atoms with Gasteiger partial charge in [0.15, 0.2) is 0 Å². The molecule has 0 radical (unpaired) electrons. The van der Waals surface area contributed by atoms with Gasteiger partial charge in [-0.3, -0.25) is 0 Å². The second kappa shape index (κ2) is 9.13. The smallest absolute Gasteiger partial charge is 0.317 e. The van der Waals surface area contributed by atoms with E-state index in [1.54, 1.807) is 28.8 Å². The predicted octanol–water partition coefficient (Wildman–Crippen LogP) is 2.86. The molecule has 1 aromatic rings. The van der Waals surface area contributed by atoms with Crippen molar-refractivity contribution in [3.05, 3.63) is 35.6 Å². The van der Waals surface area contributed by atoms with Crippen LogP contribution in [0.3, 0.4) is 0 Å². The Labute approximate surface area is 141 Å². The molecule has 1 atom stereocenters. The largest absolute Gasteiger partial charge is 0.393 e.